The van der Waals surface area contributed by atoms with Crippen molar-refractivity contribution >= 4 is 32.7 Å². The number of pyridine rings is 1. The maximum absolute atomic E-state index is 5.11. The molecule has 0 radical (unpaired) electrons. The molecule has 0 fully saturated rings. The van der Waals surface area contributed by atoms with Gasteiger partial charge in [-0.25, -0.2) is 4.98 Å². The first-order valence-corrected chi connectivity index (χ1v) is 15.6. The predicted octanol–water partition coefficient (Wildman–Crippen LogP) is 11.6. The van der Waals surface area contributed by atoms with Gasteiger partial charge in [-0.1, -0.05) is 136 Å². The van der Waals surface area contributed by atoms with Crippen LogP contribution in [0.2, 0.25) is 0 Å². The largest absolute Gasteiger partial charge is 0.309 e. The van der Waals surface area contributed by atoms with Crippen molar-refractivity contribution in [2.24, 2.45) is 0 Å². The molecule has 216 valence electrons. The lowest BCUT2D eigenvalue weighted by Crippen LogP contribution is -2.10. The molecular weight excluding hydrogens is 544 g/mol. The SMILES string of the molecule is CC(C)(C)c1ccc(-c2ccc(-c3cc(-c4ccc(-n5c6ccccc6c6ccccc65)cc4)nc4ccccc34)cc2)cc1. The molecule has 2 aromatic heterocycles. The molecule has 0 saturated carbocycles. The van der Waals surface area contributed by atoms with Crippen LogP contribution in [0.25, 0.3) is 71.9 Å². The van der Waals surface area contributed by atoms with Crippen molar-refractivity contribution < 1.29 is 0 Å². The predicted molar refractivity (Wildman–Crippen MR) is 191 cm³/mol. The van der Waals surface area contributed by atoms with Crippen LogP contribution in [0.15, 0.2) is 152 Å². The summed E-state index contributed by atoms with van der Waals surface area (Å²) >= 11 is 0. The Morgan fingerprint density at radius 3 is 1.56 bits per heavy atom. The van der Waals surface area contributed by atoms with Crippen LogP contribution in [0.5, 0.6) is 0 Å². The summed E-state index contributed by atoms with van der Waals surface area (Å²) < 4.78 is 2.35. The highest BCUT2D eigenvalue weighted by Crippen LogP contribution is 2.36. The van der Waals surface area contributed by atoms with Crippen LogP contribution in [0, 0.1) is 0 Å². The summed E-state index contributed by atoms with van der Waals surface area (Å²) in [6.45, 7) is 6.76. The number of fused-ring (bicyclic) bond motifs is 4. The van der Waals surface area contributed by atoms with E-state index in [-0.39, 0.29) is 5.41 Å². The van der Waals surface area contributed by atoms with E-state index in [1.54, 1.807) is 0 Å². The summed E-state index contributed by atoms with van der Waals surface area (Å²) in [4.78, 5) is 5.11. The summed E-state index contributed by atoms with van der Waals surface area (Å²) in [5, 5.41) is 3.70. The molecule has 8 rings (SSSR count). The maximum Gasteiger partial charge on any atom is 0.0715 e. The van der Waals surface area contributed by atoms with Crippen LogP contribution in [-0.4, -0.2) is 9.55 Å². The lowest BCUT2D eigenvalue weighted by Gasteiger charge is -2.19. The van der Waals surface area contributed by atoms with Crippen molar-refractivity contribution in [2.75, 3.05) is 0 Å². The minimum Gasteiger partial charge on any atom is -0.309 e. The van der Waals surface area contributed by atoms with E-state index in [0.29, 0.717) is 0 Å². The molecule has 0 unspecified atom stereocenters. The van der Waals surface area contributed by atoms with Gasteiger partial charge in [0.1, 0.15) is 0 Å². The second-order valence-electron chi connectivity index (χ2n) is 12.9. The lowest BCUT2D eigenvalue weighted by atomic mass is 9.86. The van der Waals surface area contributed by atoms with Crippen molar-refractivity contribution in [1.29, 1.82) is 0 Å². The molecule has 2 heterocycles. The number of hydrogen-bond acceptors (Lipinski definition) is 1. The third-order valence-corrected chi connectivity index (χ3v) is 9.00. The molecule has 0 saturated heterocycles. The molecule has 0 aliphatic rings. The smallest absolute Gasteiger partial charge is 0.0715 e. The highest BCUT2D eigenvalue weighted by atomic mass is 15.0. The van der Waals surface area contributed by atoms with E-state index in [1.807, 2.05) is 0 Å². The van der Waals surface area contributed by atoms with Gasteiger partial charge < -0.3 is 4.57 Å². The average Bonchev–Trinajstić information content (AvgIpc) is 3.42. The van der Waals surface area contributed by atoms with E-state index in [0.717, 1.165) is 27.8 Å². The fraction of sp³-hybridized carbons (Fsp3) is 0.0930. The Bertz CT molecular complexity index is 2260. The van der Waals surface area contributed by atoms with E-state index in [4.69, 9.17) is 4.98 Å². The van der Waals surface area contributed by atoms with E-state index in [9.17, 15) is 0 Å². The van der Waals surface area contributed by atoms with Crippen molar-refractivity contribution in [3.05, 3.63) is 157 Å². The second-order valence-corrected chi connectivity index (χ2v) is 12.9. The molecule has 0 N–H and O–H groups in total. The molecule has 45 heavy (non-hydrogen) atoms. The first-order valence-electron chi connectivity index (χ1n) is 15.6. The highest BCUT2D eigenvalue weighted by molar-refractivity contribution is 6.09. The molecule has 0 aliphatic heterocycles. The van der Waals surface area contributed by atoms with Crippen LogP contribution in [0.1, 0.15) is 26.3 Å². The minimum absolute atomic E-state index is 0.147. The zero-order valence-electron chi connectivity index (χ0n) is 25.8. The van der Waals surface area contributed by atoms with E-state index in [1.165, 1.54) is 49.6 Å². The molecule has 6 aromatic carbocycles. The summed E-state index contributed by atoms with van der Waals surface area (Å²) in [7, 11) is 0. The number of para-hydroxylation sites is 3. The standard InChI is InChI=1S/C43H34N2/c1-43(2,3)33-24-20-30(21-25-33)29-16-18-31(19-17-29)38-28-40(44-39-13-7-4-10-35(38)39)32-22-26-34(27-23-32)45-41-14-8-5-11-36(41)37-12-6-9-15-42(37)45/h4-28H,1-3H3. The molecular formula is C43H34N2. The summed E-state index contributed by atoms with van der Waals surface area (Å²) in [6.07, 6.45) is 0. The van der Waals surface area contributed by atoms with E-state index in [2.05, 4.69) is 177 Å². The highest BCUT2D eigenvalue weighted by Gasteiger charge is 2.15. The molecule has 2 heteroatoms. The maximum atomic E-state index is 5.11. The van der Waals surface area contributed by atoms with Crippen LogP contribution < -0.4 is 0 Å². The van der Waals surface area contributed by atoms with Crippen molar-refractivity contribution in [3.63, 3.8) is 0 Å². The van der Waals surface area contributed by atoms with Gasteiger partial charge in [0.2, 0.25) is 0 Å². The first-order chi connectivity index (χ1) is 21.9. The Balaban J connectivity index is 1.17. The topological polar surface area (TPSA) is 17.8 Å². The van der Waals surface area contributed by atoms with Crippen molar-refractivity contribution in [1.82, 2.24) is 9.55 Å². The Kier molecular flexibility index (Phi) is 6.39. The van der Waals surface area contributed by atoms with Crippen LogP contribution in [-0.2, 0) is 5.41 Å². The monoisotopic (exact) mass is 578 g/mol. The second kappa shape index (κ2) is 10.6. The molecule has 0 bridgehead atoms. The van der Waals surface area contributed by atoms with Gasteiger partial charge in [-0.05, 0) is 69.6 Å². The molecule has 0 aliphatic carbocycles. The van der Waals surface area contributed by atoms with Crippen LogP contribution in [0.4, 0.5) is 0 Å². The number of aromatic nitrogens is 2. The van der Waals surface area contributed by atoms with Crippen molar-refractivity contribution in [2.45, 2.75) is 26.2 Å². The van der Waals surface area contributed by atoms with Gasteiger partial charge in [0, 0.05) is 27.4 Å². The molecule has 0 atom stereocenters. The Morgan fingerprint density at radius 1 is 0.467 bits per heavy atom. The van der Waals surface area contributed by atoms with Gasteiger partial charge >= 0.3 is 0 Å². The summed E-state index contributed by atoms with van der Waals surface area (Å²) in [5.74, 6) is 0. The minimum atomic E-state index is 0.147. The molecule has 2 nitrogen and oxygen atoms in total. The summed E-state index contributed by atoms with van der Waals surface area (Å²) in [5.41, 5.74) is 13.0. The Morgan fingerprint density at radius 2 is 0.956 bits per heavy atom. The zero-order valence-corrected chi connectivity index (χ0v) is 25.8. The third-order valence-electron chi connectivity index (χ3n) is 9.00. The zero-order chi connectivity index (χ0) is 30.5. The fourth-order valence-electron chi connectivity index (χ4n) is 6.55. The van der Waals surface area contributed by atoms with E-state index < -0.39 is 0 Å². The number of benzene rings is 6. The molecule has 0 spiro atoms. The average molecular weight is 579 g/mol. The van der Waals surface area contributed by atoms with E-state index >= 15 is 0 Å². The number of hydrogen-bond donors (Lipinski definition) is 0. The van der Waals surface area contributed by atoms with Crippen LogP contribution in [0.3, 0.4) is 0 Å². The van der Waals surface area contributed by atoms with Gasteiger partial charge in [-0.3, -0.25) is 0 Å². The first kappa shape index (κ1) is 27.1. The Labute approximate surface area is 264 Å². The van der Waals surface area contributed by atoms with Gasteiger partial charge in [-0.15, -0.1) is 0 Å². The van der Waals surface area contributed by atoms with Gasteiger partial charge in [0.25, 0.3) is 0 Å². The van der Waals surface area contributed by atoms with Gasteiger partial charge in [0.05, 0.1) is 22.2 Å². The van der Waals surface area contributed by atoms with Gasteiger partial charge in [-0.2, -0.15) is 0 Å². The fourth-order valence-corrected chi connectivity index (χ4v) is 6.55. The normalized spacial score (nSPS) is 11.9. The Hall–Kier alpha value is -5.47. The number of nitrogens with zero attached hydrogens (tertiary/aromatic N) is 2. The lowest BCUT2D eigenvalue weighted by molar-refractivity contribution is 0.590. The third kappa shape index (κ3) is 4.80. The number of rotatable bonds is 4. The van der Waals surface area contributed by atoms with Gasteiger partial charge in [0.15, 0.2) is 0 Å². The summed E-state index contributed by atoms with van der Waals surface area (Å²) in [6, 6.07) is 54.7. The van der Waals surface area contributed by atoms with Crippen LogP contribution >= 0.6 is 0 Å². The van der Waals surface area contributed by atoms with Crippen molar-refractivity contribution in [3.8, 4) is 39.2 Å². The molecule has 8 aromatic rings. The molecule has 0 amide bonds. The quantitative estimate of drug-likeness (QED) is 0.203.